The number of halogens is 6. The lowest BCUT2D eigenvalue weighted by molar-refractivity contribution is -0.753. The van der Waals surface area contributed by atoms with E-state index in [1.165, 1.54) is 11.2 Å². The summed E-state index contributed by atoms with van der Waals surface area (Å²) < 4.78 is 124. The Kier molecular flexibility index (Phi) is 9.27. The summed E-state index contributed by atoms with van der Waals surface area (Å²) in [5.74, 6) is 0. The molecule has 9 nitrogen and oxygen atoms in total. The minimum atomic E-state index is -6.09. The zero-order valence-electron chi connectivity index (χ0n) is 17.4. The van der Waals surface area contributed by atoms with Crippen molar-refractivity contribution in [3.8, 4) is 0 Å². The highest BCUT2D eigenvalue weighted by Gasteiger charge is 2.37. The van der Waals surface area contributed by atoms with Crippen LogP contribution in [0.4, 0.5) is 26.3 Å². The number of aryl methyl sites for hydroxylation is 2. The van der Waals surface area contributed by atoms with Gasteiger partial charge in [-0.2, -0.15) is 26.3 Å². The van der Waals surface area contributed by atoms with Gasteiger partial charge in [0.2, 0.25) is 0 Å². The van der Waals surface area contributed by atoms with Gasteiger partial charge >= 0.3 is 16.7 Å². The fraction of sp³-hybridized carbons (Fsp3) is 0.600. The van der Waals surface area contributed by atoms with Gasteiger partial charge in [-0.25, -0.2) is 16.8 Å². The molecule has 0 aliphatic heterocycles. The van der Waals surface area contributed by atoms with E-state index in [0.717, 1.165) is 6.54 Å². The Hall–Kier alpha value is -1.98. The van der Waals surface area contributed by atoms with Crippen LogP contribution in [0.5, 0.6) is 0 Å². The van der Waals surface area contributed by atoms with Crippen LogP contribution in [0.3, 0.4) is 0 Å². The smallest absolute Gasteiger partial charge is 0.485 e. The Bertz CT molecular complexity index is 1090. The Morgan fingerprint density at radius 1 is 0.875 bits per heavy atom. The average molecular weight is 517 g/mol. The minimum absolute atomic E-state index is 0.299. The monoisotopic (exact) mass is 517 g/mol. The Labute approximate surface area is 180 Å². The number of aromatic nitrogens is 3. The first-order valence-corrected chi connectivity index (χ1v) is 11.1. The summed E-state index contributed by atoms with van der Waals surface area (Å²) in [6, 6.07) is 4.28. The SMILES string of the molecule is C[n+]1cccc2c1[n+](C)cn2CC(C)(C)C.O=S(=O)([O-])C(F)(F)F.O=S(=O)([O-])C(F)(F)F. The van der Waals surface area contributed by atoms with Crippen molar-refractivity contribution >= 4 is 31.4 Å². The predicted octanol–water partition coefficient (Wildman–Crippen LogP) is 1.44. The molecule has 0 N–H and O–H groups in total. The molecule has 0 saturated heterocycles. The second-order valence-electron chi connectivity index (χ2n) is 7.54. The van der Waals surface area contributed by atoms with Gasteiger partial charge in [-0.1, -0.05) is 20.8 Å². The lowest BCUT2D eigenvalue weighted by atomic mass is 9.97. The molecular weight excluding hydrogens is 496 g/mol. The van der Waals surface area contributed by atoms with Gasteiger partial charge in [0.15, 0.2) is 31.9 Å². The van der Waals surface area contributed by atoms with Crippen LogP contribution in [-0.4, -0.2) is 41.5 Å². The molecule has 0 aliphatic rings. The summed E-state index contributed by atoms with van der Waals surface area (Å²) in [7, 11) is -7.99. The number of hydrogen-bond acceptors (Lipinski definition) is 6. The lowest BCUT2D eigenvalue weighted by Crippen LogP contribution is -2.40. The van der Waals surface area contributed by atoms with Crippen LogP contribution in [0, 0.1) is 5.41 Å². The molecule has 0 bridgehead atoms. The maximum absolute atomic E-state index is 10.7. The second kappa shape index (κ2) is 9.88. The molecule has 0 atom stereocenters. The van der Waals surface area contributed by atoms with Crippen LogP contribution < -0.4 is 9.13 Å². The van der Waals surface area contributed by atoms with Crippen molar-refractivity contribution in [2.75, 3.05) is 0 Å². The van der Waals surface area contributed by atoms with E-state index in [2.05, 4.69) is 73.2 Å². The molecule has 0 radical (unpaired) electrons. The highest BCUT2D eigenvalue weighted by atomic mass is 32.2. The van der Waals surface area contributed by atoms with E-state index in [-0.39, 0.29) is 0 Å². The van der Waals surface area contributed by atoms with E-state index in [0.29, 0.717) is 5.41 Å². The molecule has 17 heteroatoms. The molecule has 2 rings (SSSR count). The zero-order valence-corrected chi connectivity index (χ0v) is 19.0. The van der Waals surface area contributed by atoms with Crippen molar-refractivity contribution in [3.05, 3.63) is 24.7 Å². The van der Waals surface area contributed by atoms with Crippen molar-refractivity contribution in [2.24, 2.45) is 19.5 Å². The Morgan fingerprint density at radius 3 is 1.56 bits per heavy atom. The molecular formula is C15H21F6N3O6S2. The van der Waals surface area contributed by atoms with Gasteiger partial charge in [-0.15, -0.1) is 9.13 Å². The van der Waals surface area contributed by atoms with Gasteiger partial charge in [0.1, 0.15) is 14.1 Å². The first kappa shape index (κ1) is 30.0. The fourth-order valence-electron chi connectivity index (χ4n) is 2.21. The zero-order chi connectivity index (χ0) is 25.9. The molecule has 0 spiro atoms. The lowest BCUT2D eigenvalue weighted by Gasteiger charge is -2.17. The number of nitrogens with zero attached hydrogens (tertiary/aromatic N) is 3. The molecule has 0 fully saturated rings. The minimum Gasteiger partial charge on any atom is -0.741 e. The van der Waals surface area contributed by atoms with Gasteiger partial charge in [0.25, 0.3) is 6.33 Å². The number of rotatable bonds is 1. The maximum Gasteiger partial charge on any atom is 0.485 e. The van der Waals surface area contributed by atoms with E-state index in [9.17, 15) is 26.3 Å². The van der Waals surface area contributed by atoms with Crippen LogP contribution in [-0.2, 0) is 40.9 Å². The van der Waals surface area contributed by atoms with Gasteiger partial charge in [-0.05, 0) is 11.5 Å². The van der Waals surface area contributed by atoms with Gasteiger partial charge in [-0.3, -0.25) is 4.57 Å². The van der Waals surface area contributed by atoms with Crippen molar-refractivity contribution < 1.29 is 61.4 Å². The molecule has 0 unspecified atom stereocenters. The van der Waals surface area contributed by atoms with Crippen molar-refractivity contribution in [3.63, 3.8) is 0 Å². The highest BCUT2D eigenvalue weighted by Crippen LogP contribution is 2.21. The summed E-state index contributed by atoms with van der Waals surface area (Å²) in [6.07, 6.45) is 4.26. The summed E-state index contributed by atoms with van der Waals surface area (Å²) in [5, 5.41) is 0. The normalized spacial score (nSPS) is 13.2. The molecule has 0 aromatic carbocycles. The van der Waals surface area contributed by atoms with Gasteiger partial charge in [0, 0.05) is 12.6 Å². The first-order chi connectivity index (χ1) is 13.9. The van der Waals surface area contributed by atoms with E-state index < -0.39 is 31.3 Å². The third-order valence-electron chi connectivity index (χ3n) is 3.29. The Balaban J connectivity index is 0.000000510. The number of imidazole rings is 1. The number of hydrogen-bond donors (Lipinski definition) is 0. The van der Waals surface area contributed by atoms with Crippen LogP contribution in [0.15, 0.2) is 24.7 Å². The third-order valence-corrected chi connectivity index (χ3v) is 4.43. The second-order valence-corrected chi connectivity index (χ2v) is 10.3. The van der Waals surface area contributed by atoms with Crippen LogP contribution in [0.25, 0.3) is 11.2 Å². The quantitative estimate of drug-likeness (QED) is 0.244. The highest BCUT2D eigenvalue weighted by molar-refractivity contribution is 7.86. The summed E-state index contributed by atoms with van der Waals surface area (Å²) in [5.41, 5.74) is -8.44. The van der Waals surface area contributed by atoms with E-state index in [4.69, 9.17) is 25.9 Å². The third kappa shape index (κ3) is 9.25. The van der Waals surface area contributed by atoms with Gasteiger partial charge < -0.3 is 9.11 Å². The van der Waals surface area contributed by atoms with Gasteiger partial charge in [0.05, 0.1) is 0 Å². The first-order valence-electron chi connectivity index (χ1n) is 8.26. The number of pyridine rings is 1. The topological polar surface area (TPSA) is 127 Å². The van der Waals surface area contributed by atoms with E-state index in [1.54, 1.807) is 0 Å². The molecule has 2 aromatic rings. The Morgan fingerprint density at radius 2 is 1.25 bits per heavy atom. The molecule has 186 valence electrons. The van der Waals surface area contributed by atoms with E-state index >= 15 is 0 Å². The standard InChI is InChI=1S/C13H21N3.2CHF3O3S/c1-13(2,3)9-16-10-15(5)12-11(16)7-6-8-14(12)4;2*2-1(3,4)8(5,6)7/h6-8,10H,9H2,1-5H3;2*(H,5,6,7)/q+2;;/p-2. The maximum atomic E-state index is 10.7. The summed E-state index contributed by atoms with van der Waals surface area (Å²) >= 11 is 0. The fourth-order valence-corrected chi connectivity index (χ4v) is 2.21. The molecule has 32 heavy (non-hydrogen) atoms. The molecule has 2 aromatic heterocycles. The molecule has 0 saturated carbocycles. The largest absolute Gasteiger partial charge is 0.741 e. The average Bonchev–Trinajstić information content (AvgIpc) is 2.80. The van der Waals surface area contributed by atoms with Crippen LogP contribution in [0.2, 0.25) is 0 Å². The summed E-state index contributed by atoms with van der Waals surface area (Å²) in [4.78, 5) is 0. The molecule has 0 aliphatic carbocycles. The number of fused-ring (bicyclic) bond motifs is 1. The molecule has 0 amide bonds. The van der Waals surface area contributed by atoms with Crippen molar-refractivity contribution in [1.29, 1.82) is 0 Å². The number of alkyl halides is 6. The van der Waals surface area contributed by atoms with E-state index in [1.807, 2.05) is 0 Å². The summed E-state index contributed by atoms with van der Waals surface area (Å²) in [6.45, 7) is 7.83. The van der Waals surface area contributed by atoms with Crippen LogP contribution >= 0.6 is 0 Å². The van der Waals surface area contributed by atoms with Crippen LogP contribution in [0.1, 0.15) is 20.8 Å². The predicted molar refractivity (Wildman–Crippen MR) is 95.2 cm³/mol. The van der Waals surface area contributed by atoms with Crippen molar-refractivity contribution in [1.82, 2.24) is 4.57 Å². The van der Waals surface area contributed by atoms with Crippen molar-refractivity contribution in [2.45, 2.75) is 38.3 Å². The molecule has 2 heterocycles.